The first-order valence-corrected chi connectivity index (χ1v) is 6.54. The van der Waals surface area contributed by atoms with Gasteiger partial charge in [-0.2, -0.15) is 0 Å². The summed E-state index contributed by atoms with van der Waals surface area (Å²) >= 11 is 0. The number of anilines is 1. The highest BCUT2D eigenvalue weighted by Crippen LogP contribution is 2.24. The minimum atomic E-state index is 1.06. The van der Waals surface area contributed by atoms with Gasteiger partial charge in [-0.25, -0.2) is 0 Å². The van der Waals surface area contributed by atoms with Crippen LogP contribution in [0.2, 0.25) is 0 Å². The highest BCUT2D eigenvalue weighted by molar-refractivity contribution is 5.89. The van der Waals surface area contributed by atoms with Gasteiger partial charge in [0.2, 0.25) is 0 Å². The van der Waals surface area contributed by atoms with Crippen molar-refractivity contribution < 1.29 is 0 Å². The van der Waals surface area contributed by atoms with E-state index in [0.29, 0.717) is 0 Å². The summed E-state index contributed by atoms with van der Waals surface area (Å²) in [6, 6.07) is 4.03. The van der Waals surface area contributed by atoms with Gasteiger partial charge in [0.05, 0.1) is 17.4 Å². The first kappa shape index (κ1) is 11.4. The maximum Gasteiger partial charge on any atom is 0.0966 e. The van der Waals surface area contributed by atoms with E-state index in [0.717, 1.165) is 43.6 Å². The maximum atomic E-state index is 4.50. The number of rotatable bonds is 2. The molecule has 1 aliphatic rings. The summed E-state index contributed by atoms with van der Waals surface area (Å²) < 4.78 is 0. The van der Waals surface area contributed by atoms with Crippen molar-refractivity contribution in [3.05, 3.63) is 30.7 Å². The Labute approximate surface area is 107 Å². The summed E-state index contributed by atoms with van der Waals surface area (Å²) in [5.74, 6) is 0. The second-order valence-corrected chi connectivity index (χ2v) is 4.66. The van der Waals surface area contributed by atoms with E-state index >= 15 is 0 Å². The molecule has 2 aromatic heterocycles. The average Bonchev–Trinajstić information content (AvgIpc) is 2.47. The molecule has 0 bridgehead atoms. The molecule has 1 aliphatic heterocycles. The Morgan fingerprint density at radius 2 is 2.00 bits per heavy atom. The first-order chi connectivity index (χ1) is 8.88. The largest absolute Gasteiger partial charge is 0.366 e. The zero-order valence-electron chi connectivity index (χ0n) is 10.7. The molecule has 3 heterocycles. The molecule has 1 saturated heterocycles. The number of fused-ring (bicyclic) bond motifs is 1. The molecule has 18 heavy (non-hydrogen) atoms. The summed E-state index contributed by atoms with van der Waals surface area (Å²) in [5.41, 5.74) is 2.24. The zero-order valence-corrected chi connectivity index (χ0v) is 10.7. The Morgan fingerprint density at radius 1 is 1.17 bits per heavy atom. The van der Waals surface area contributed by atoms with E-state index in [4.69, 9.17) is 0 Å². The van der Waals surface area contributed by atoms with Crippen LogP contribution < -0.4 is 4.90 Å². The molecule has 4 heteroatoms. The predicted octanol–water partition coefficient (Wildman–Crippen LogP) is 1.77. The number of likely N-dealkylation sites (N-methyl/N-ethyl adjacent to an activating group) is 1. The fourth-order valence-electron chi connectivity index (χ4n) is 2.52. The Bertz CT molecular complexity index is 527. The lowest BCUT2D eigenvalue weighted by atomic mass is 10.2. The second-order valence-electron chi connectivity index (χ2n) is 4.66. The van der Waals surface area contributed by atoms with Crippen LogP contribution >= 0.6 is 0 Å². The molecule has 0 spiro atoms. The van der Waals surface area contributed by atoms with Crippen molar-refractivity contribution in [2.75, 3.05) is 37.6 Å². The van der Waals surface area contributed by atoms with Crippen LogP contribution in [0.25, 0.3) is 10.9 Å². The van der Waals surface area contributed by atoms with Crippen LogP contribution in [0.5, 0.6) is 0 Å². The van der Waals surface area contributed by atoms with E-state index in [1.165, 1.54) is 5.69 Å². The van der Waals surface area contributed by atoms with E-state index in [-0.39, 0.29) is 0 Å². The molecular formula is C14H18N4. The fraction of sp³-hybridized carbons (Fsp3) is 0.429. The van der Waals surface area contributed by atoms with Gasteiger partial charge >= 0.3 is 0 Å². The molecule has 0 aliphatic carbocycles. The number of pyridine rings is 2. The highest BCUT2D eigenvalue weighted by atomic mass is 15.3. The summed E-state index contributed by atoms with van der Waals surface area (Å²) in [7, 11) is 0. The number of aromatic nitrogens is 2. The number of hydrogen-bond acceptors (Lipinski definition) is 4. The fourth-order valence-corrected chi connectivity index (χ4v) is 2.52. The second kappa shape index (κ2) is 4.90. The molecule has 0 saturated carbocycles. The molecule has 0 amide bonds. The topological polar surface area (TPSA) is 32.3 Å². The average molecular weight is 242 g/mol. The van der Waals surface area contributed by atoms with Gasteiger partial charge in [-0.3, -0.25) is 9.97 Å². The van der Waals surface area contributed by atoms with Crippen molar-refractivity contribution >= 4 is 16.6 Å². The molecule has 0 atom stereocenters. The molecule has 0 aromatic carbocycles. The lowest BCUT2D eigenvalue weighted by molar-refractivity contribution is 0.271. The van der Waals surface area contributed by atoms with Crippen molar-refractivity contribution in [1.29, 1.82) is 0 Å². The molecule has 0 unspecified atom stereocenters. The molecule has 0 radical (unpaired) electrons. The predicted molar refractivity (Wildman–Crippen MR) is 73.9 cm³/mol. The summed E-state index contributed by atoms with van der Waals surface area (Å²) in [4.78, 5) is 13.7. The van der Waals surface area contributed by atoms with Crippen LogP contribution in [-0.4, -0.2) is 47.6 Å². The van der Waals surface area contributed by atoms with Gasteiger partial charge in [-0.1, -0.05) is 6.92 Å². The number of piperazine rings is 1. The van der Waals surface area contributed by atoms with Crippen LogP contribution in [0.1, 0.15) is 6.92 Å². The minimum absolute atomic E-state index is 1.06. The van der Waals surface area contributed by atoms with Crippen molar-refractivity contribution in [2.24, 2.45) is 0 Å². The van der Waals surface area contributed by atoms with Crippen LogP contribution in [0.3, 0.4) is 0 Å². The minimum Gasteiger partial charge on any atom is -0.366 e. The quantitative estimate of drug-likeness (QED) is 0.803. The number of hydrogen-bond donors (Lipinski definition) is 0. The standard InChI is InChI=1S/C14H18N4/c1-2-17-6-8-18(9-7-17)13-11-15-10-12-4-3-5-16-14(12)13/h3-5,10-11H,2,6-9H2,1H3. The Morgan fingerprint density at radius 3 is 2.78 bits per heavy atom. The Kier molecular flexibility index (Phi) is 3.11. The molecule has 3 rings (SSSR count). The van der Waals surface area contributed by atoms with Gasteiger partial charge in [0.15, 0.2) is 0 Å². The van der Waals surface area contributed by atoms with Crippen molar-refractivity contribution in [1.82, 2.24) is 14.9 Å². The van der Waals surface area contributed by atoms with Crippen LogP contribution in [0, 0.1) is 0 Å². The van der Waals surface area contributed by atoms with Crippen LogP contribution in [0.4, 0.5) is 5.69 Å². The zero-order chi connectivity index (χ0) is 12.4. The van der Waals surface area contributed by atoms with Crippen molar-refractivity contribution in [3.63, 3.8) is 0 Å². The summed E-state index contributed by atoms with van der Waals surface area (Å²) in [6.45, 7) is 7.73. The van der Waals surface area contributed by atoms with Gasteiger partial charge in [-0.05, 0) is 18.7 Å². The van der Waals surface area contributed by atoms with Crippen LogP contribution in [0.15, 0.2) is 30.7 Å². The van der Waals surface area contributed by atoms with Crippen molar-refractivity contribution in [3.8, 4) is 0 Å². The highest BCUT2D eigenvalue weighted by Gasteiger charge is 2.18. The molecule has 1 fully saturated rings. The van der Waals surface area contributed by atoms with E-state index in [9.17, 15) is 0 Å². The maximum absolute atomic E-state index is 4.50. The van der Waals surface area contributed by atoms with Gasteiger partial charge in [0, 0.05) is 44.0 Å². The summed E-state index contributed by atoms with van der Waals surface area (Å²) in [6.07, 6.45) is 5.68. The van der Waals surface area contributed by atoms with E-state index in [2.05, 4.69) is 32.8 Å². The molecular weight excluding hydrogens is 224 g/mol. The lowest BCUT2D eigenvalue weighted by Gasteiger charge is -2.35. The normalized spacial score (nSPS) is 17.3. The third-order valence-corrected chi connectivity index (χ3v) is 3.65. The van der Waals surface area contributed by atoms with E-state index < -0.39 is 0 Å². The first-order valence-electron chi connectivity index (χ1n) is 6.54. The van der Waals surface area contributed by atoms with Gasteiger partial charge in [0.1, 0.15) is 0 Å². The van der Waals surface area contributed by atoms with Crippen LogP contribution in [-0.2, 0) is 0 Å². The van der Waals surface area contributed by atoms with Gasteiger partial charge in [-0.15, -0.1) is 0 Å². The Hall–Kier alpha value is -1.68. The third-order valence-electron chi connectivity index (χ3n) is 3.65. The molecule has 0 N–H and O–H groups in total. The number of nitrogens with zero attached hydrogens (tertiary/aromatic N) is 4. The SMILES string of the molecule is CCN1CCN(c2cncc3cccnc23)CC1. The Balaban J connectivity index is 1.91. The summed E-state index contributed by atoms with van der Waals surface area (Å²) in [5, 5.41) is 1.12. The van der Waals surface area contributed by atoms with Gasteiger partial charge < -0.3 is 9.80 Å². The molecule has 4 nitrogen and oxygen atoms in total. The smallest absolute Gasteiger partial charge is 0.0966 e. The monoisotopic (exact) mass is 242 g/mol. The van der Waals surface area contributed by atoms with E-state index in [1.54, 1.807) is 0 Å². The molecule has 94 valence electrons. The molecule has 2 aromatic rings. The van der Waals surface area contributed by atoms with Gasteiger partial charge in [0.25, 0.3) is 0 Å². The van der Waals surface area contributed by atoms with Crippen molar-refractivity contribution in [2.45, 2.75) is 6.92 Å². The third kappa shape index (κ3) is 2.04. The van der Waals surface area contributed by atoms with E-state index in [1.807, 2.05) is 24.7 Å². The lowest BCUT2D eigenvalue weighted by Crippen LogP contribution is -2.46.